The molecule has 90 valence electrons. The lowest BCUT2D eigenvalue weighted by Gasteiger charge is -2.18. The summed E-state index contributed by atoms with van der Waals surface area (Å²) >= 11 is 0. The van der Waals surface area contributed by atoms with Crippen LogP contribution in [0.15, 0.2) is 18.2 Å². The second-order valence-corrected chi connectivity index (χ2v) is 4.82. The monoisotopic (exact) mass is 231 g/mol. The van der Waals surface area contributed by atoms with Gasteiger partial charge in [-0.15, -0.1) is 0 Å². The maximum atomic E-state index is 11.7. The van der Waals surface area contributed by atoms with Gasteiger partial charge in [0.2, 0.25) is 5.91 Å². The first-order valence-corrected chi connectivity index (χ1v) is 5.42. The number of nitrogens with two attached hydrogens (primary N) is 1. The number of amides is 1. The molecule has 3 N–H and O–H groups in total. The summed E-state index contributed by atoms with van der Waals surface area (Å²) in [5, 5.41) is 11.7. The first kappa shape index (κ1) is 13.2. The number of rotatable bonds is 3. The molecule has 1 rings (SSSR count). The second-order valence-electron chi connectivity index (χ2n) is 4.82. The molecule has 4 nitrogen and oxygen atoms in total. The molecule has 1 amide bonds. The third-order valence-corrected chi connectivity index (χ3v) is 2.27. The van der Waals surface area contributed by atoms with E-state index in [1.54, 1.807) is 26.0 Å². The number of nitrogens with one attached hydrogen (secondary N) is 1. The molecule has 0 saturated carbocycles. The van der Waals surface area contributed by atoms with Crippen LogP contribution in [0, 0.1) is 18.3 Å². The molecule has 1 aromatic rings. The lowest BCUT2D eigenvalue weighted by Crippen LogP contribution is -2.36. The molecule has 0 aliphatic carbocycles. The van der Waals surface area contributed by atoms with Crippen LogP contribution < -0.4 is 11.1 Å². The quantitative estimate of drug-likeness (QED) is 0.834. The number of carbonyl (C=O) groups excluding carboxylic acids is 1. The smallest absolute Gasteiger partial charge is 0.226 e. The van der Waals surface area contributed by atoms with Crippen LogP contribution in [-0.2, 0) is 4.79 Å². The molecule has 17 heavy (non-hydrogen) atoms. The van der Waals surface area contributed by atoms with Crippen LogP contribution in [0.2, 0.25) is 0 Å². The molecule has 0 bridgehead atoms. The fourth-order valence-electron chi connectivity index (χ4n) is 1.53. The van der Waals surface area contributed by atoms with Gasteiger partial charge in [0.25, 0.3) is 0 Å². The molecule has 0 aromatic heterocycles. The van der Waals surface area contributed by atoms with Gasteiger partial charge in [-0.25, -0.2) is 0 Å². The highest BCUT2D eigenvalue weighted by molar-refractivity contribution is 5.93. The Hall–Kier alpha value is -1.86. The number of hydrogen-bond acceptors (Lipinski definition) is 3. The first-order valence-electron chi connectivity index (χ1n) is 5.42. The van der Waals surface area contributed by atoms with Gasteiger partial charge >= 0.3 is 0 Å². The summed E-state index contributed by atoms with van der Waals surface area (Å²) in [4.78, 5) is 11.7. The van der Waals surface area contributed by atoms with Crippen LogP contribution >= 0.6 is 0 Å². The average molecular weight is 231 g/mol. The molecule has 0 fully saturated rings. The number of benzene rings is 1. The minimum Gasteiger partial charge on any atom is -0.325 e. The molecule has 0 unspecified atom stereocenters. The van der Waals surface area contributed by atoms with Crippen molar-refractivity contribution in [3.05, 3.63) is 29.3 Å². The summed E-state index contributed by atoms with van der Waals surface area (Å²) < 4.78 is 0. The maximum absolute atomic E-state index is 11.7. The van der Waals surface area contributed by atoms with Crippen LogP contribution in [0.3, 0.4) is 0 Å². The van der Waals surface area contributed by atoms with Gasteiger partial charge in [-0.2, -0.15) is 5.26 Å². The summed E-state index contributed by atoms with van der Waals surface area (Å²) in [5.41, 5.74) is 7.09. The summed E-state index contributed by atoms with van der Waals surface area (Å²) in [6.45, 7) is 5.41. The molecular formula is C13H17N3O. The Balaban J connectivity index is 2.87. The van der Waals surface area contributed by atoms with E-state index in [2.05, 4.69) is 11.4 Å². The van der Waals surface area contributed by atoms with Crippen molar-refractivity contribution in [2.24, 2.45) is 5.73 Å². The Morgan fingerprint density at radius 3 is 2.71 bits per heavy atom. The van der Waals surface area contributed by atoms with E-state index in [-0.39, 0.29) is 12.3 Å². The summed E-state index contributed by atoms with van der Waals surface area (Å²) in [5.74, 6) is -0.181. The van der Waals surface area contributed by atoms with Gasteiger partial charge in [-0.1, -0.05) is 12.1 Å². The van der Waals surface area contributed by atoms with Gasteiger partial charge in [-0.3, -0.25) is 4.79 Å². The lowest BCUT2D eigenvalue weighted by molar-refractivity contribution is -0.117. The van der Waals surface area contributed by atoms with Crippen LogP contribution in [-0.4, -0.2) is 11.4 Å². The second kappa shape index (κ2) is 4.98. The number of aryl methyl sites for hydroxylation is 1. The van der Waals surface area contributed by atoms with Gasteiger partial charge in [0, 0.05) is 12.0 Å². The first-order chi connectivity index (χ1) is 7.83. The van der Waals surface area contributed by atoms with Crippen LogP contribution in [0.1, 0.15) is 31.4 Å². The van der Waals surface area contributed by atoms with E-state index in [0.29, 0.717) is 11.3 Å². The zero-order valence-electron chi connectivity index (χ0n) is 10.4. The van der Waals surface area contributed by atoms with Gasteiger partial charge in [-0.05, 0) is 32.4 Å². The summed E-state index contributed by atoms with van der Waals surface area (Å²) in [7, 11) is 0. The van der Waals surface area contributed by atoms with E-state index < -0.39 is 5.54 Å². The van der Waals surface area contributed by atoms with Gasteiger partial charge < -0.3 is 11.1 Å². The van der Waals surface area contributed by atoms with E-state index in [4.69, 9.17) is 11.0 Å². The van der Waals surface area contributed by atoms with E-state index in [9.17, 15) is 4.79 Å². The SMILES string of the molecule is Cc1cccc(NC(=O)CC(C)(C)N)c1C#N. The van der Waals surface area contributed by atoms with Crippen LogP contribution in [0.5, 0.6) is 0 Å². The summed E-state index contributed by atoms with van der Waals surface area (Å²) in [6, 6.07) is 7.44. The fraction of sp³-hybridized carbons (Fsp3) is 0.385. The van der Waals surface area contributed by atoms with Crippen molar-refractivity contribution in [2.45, 2.75) is 32.7 Å². The van der Waals surface area contributed by atoms with Crippen LogP contribution in [0.25, 0.3) is 0 Å². The number of anilines is 1. The standard InChI is InChI=1S/C13H17N3O/c1-9-5-4-6-11(10(9)8-14)16-12(17)7-13(2,3)15/h4-6H,7,15H2,1-3H3,(H,16,17). The Morgan fingerprint density at radius 2 is 2.18 bits per heavy atom. The number of carbonyl (C=O) groups is 1. The Bertz CT molecular complexity index is 467. The number of nitrogens with zero attached hydrogens (tertiary/aromatic N) is 1. The van der Waals surface area contributed by atoms with E-state index in [1.165, 1.54) is 0 Å². The van der Waals surface area contributed by atoms with Crippen LogP contribution in [0.4, 0.5) is 5.69 Å². The van der Waals surface area contributed by atoms with Crippen molar-refractivity contribution in [3.8, 4) is 6.07 Å². The van der Waals surface area contributed by atoms with Crippen molar-refractivity contribution < 1.29 is 4.79 Å². The predicted molar refractivity (Wildman–Crippen MR) is 67.4 cm³/mol. The van der Waals surface area contributed by atoms with E-state index >= 15 is 0 Å². The zero-order valence-corrected chi connectivity index (χ0v) is 10.4. The molecule has 0 aliphatic heterocycles. The molecule has 0 heterocycles. The normalized spacial score (nSPS) is 10.8. The Kier molecular flexibility index (Phi) is 3.87. The van der Waals surface area contributed by atoms with Gasteiger partial charge in [0.15, 0.2) is 0 Å². The highest BCUT2D eigenvalue weighted by Crippen LogP contribution is 2.19. The molecule has 4 heteroatoms. The van der Waals surface area contributed by atoms with Crippen molar-refractivity contribution in [1.82, 2.24) is 0 Å². The molecule has 0 spiro atoms. The molecule has 0 aliphatic rings. The average Bonchev–Trinajstić information content (AvgIpc) is 2.14. The van der Waals surface area contributed by atoms with Gasteiger partial charge in [0.05, 0.1) is 11.3 Å². The highest BCUT2D eigenvalue weighted by atomic mass is 16.1. The number of nitriles is 1. The van der Waals surface area contributed by atoms with Crippen molar-refractivity contribution >= 4 is 11.6 Å². The zero-order chi connectivity index (χ0) is 13.1. The topological polar surface area (TPSA) is 78.9 Å². The molecule has 0 atom stereocenters. The Labute approximate surface area is 101 Å². The van der Waals surface area contributed by atoms with E-state index in [1.807, 2.05) is 13.0 Å². The third-order valence-electron chi connectivity index (χ3n) is 2.27. The lowest BCUT2D eigenvalue weighted by atomic mass is 10.0. The molecular weight excluding hydrogens is 214 g/mol. The predicted octanol–water partition coefficient (Wildman–Crippen LogP) is 1.93. The fourth-order valence-corrected chi connectivity index (χ4v) is 1.53. The van der Waals surface area contributed by atoms with E-state index in [0.717, 1.165) is 5.56 Å². The molecule has 1 aromatic carbocycles. The Morgan fingerprint density at radius 1 is 1.53 bits per heavy atom. The molecule has 0 radical (unpaired) electrons. The van der Waals surface area contributed by atoms with Crippen molar-refractivity contribution in [3.63, 3.8) is 0 Å². The van der Waals surface area contributed by atoms with Crippen molar-refractivity contribution in [1.29, 1.82) is 5.26 Å². The maximum Gasteiger partial charge on any atom is 0.226 e. The third kappa shape index (κ3) is 3.89. The van der Waals surface area contributed by atoms with Gasteiger partial charge in [0.1, 0.15) is 6.07 Å². The molecule has 0 saturated heterocycles. The minimum absolute atomic E-state index is 0.181. The van der Waals surface area contributed by atoms with Crippen molar-refractivity contribution in [2.75, 3.05) is 5.32 Å². The number of hydrogen-bond donors (Lipinski definition) is 2. The minimum atomic E-state index is -0.555. The summed E-state index contributed by atoms with van der Waals surface area (Å²) in [6.07, 6.45) is 0.214. The largest absolute Gasteiger partial charge is 0.325 e. The highest BCUT2D eigenvalue weighted by Gasteiger charge is 2.17.